The fourth-order valence-electron chi connectivity index (χ4n) is 6.51. The number of ether oxygens (including phenoxy) is 1. The topological polar surface area (TPSA) is 111 Å². The third kappa shape index (κ3) is 4.83. The Bertz CT molecular complexity index is 1210. The molecule has 2 bridgehead atoms. The monoisotopic (exact) mass is 598 g/mol. The van der Waals surface area contributed by atoms with Gasteiger partial charge in [-0.05, 0) is 63.1 Å². The SMILES string of the molecule is CCN(CC)c1ccc(NC(=O)C2N(CCCO)C(=O)[C@@H]3[C@@H](C(=O)Nc4ccccc4)[C@@H]4OC23CC4Br)cc1. The molecule has 0 radical (unpaired) electrons. The highest BCUT2D eigenvalue weighted by atomic mass is 79.9. The predicted molar refractivity (Wildman–Crippen MR) is 153 cm³/mol. The van der Waals surface area contributed by atoms with E-state index < -0.39 is 29.6 Å². The number of anilines is 3. The lowest BCUT2D eigenvalue weighted by Crippen LogP contribution is -2.54. The summed E-state index contributed by atoms with van der Waals surface area (Å²) >= 11 is 3.68. The third-order valence-corrected chi connectivity index (χ3v) is 9.05. The number of carbonyl (C=O) groups excluding carboxylic acids is 3. The van der Waals surface area contributed by atoms with Crippen molar-refractivity contribution >= 4 is 50.7 Å². The van der Waals surface area contributed by atoms with Crippen LogP contribution >= 0.6 is 15.9 Å². The normalized spacial score (nSPS) is 28.9. The lowest BCUT2D eigenvalue weighted by molar-refractivity contribution is -0.139. The molecule has 2 aromatic rings. The van der Waals surface area contributed by atoms with Crippen molar-refractivity contribution in [2.45, 2.75) is 49.3 Å². The zero-order valence-electron chi connectivity index (χ0n) is 22.2. The number of carbonyl (C=O) groups is 3. The first-order chi connectivity index (χ1) is 18.8. The van der Waals surface area contributed by atoms with E-state index in [0.29, 0.717) is 24.2 Å². The van der Waals surface area contributed by atoms with E-state index >= 15 is 0 Å². The van der Waals surface area contributed by atoms with E-state index in [2.05, 4.69) is 45.3 Å². The first-order valence-corrected chi connectivity index (χ1v) is 14.5. The highest BCUT2D eigenvalue weighted by molar-refractivity contribution is 9.09. The standard InChI is InChI=1S/C29H35BrN4O5/c1-3-33(4-2)20-13-11-19(12-14-20)32-27(37)25-29-17-21(30)24(39-29)22(23(29)28(38)34(25)15-8-16-35)26(36)31-18-9-6-5-7-10-18/h5-7,9-14,21-25,35H,3-4,8,15-17H2,1-2H3,(H,31,36)(H,32,37)/t21?,22-,23+,24-,25?,29?/m1/s1. The summed E-state index contributed by atoms with van der Waals surface area (Å²) < 4.78 is 6.50. The lowest BCUT2D eigenvalue weighted by Gasteiger charge is -2.34. The largest absolute Gasteiger partial charge is 0.396 e. The Morgan fingerprint density at radius 3 is 2.33 bits per heavy atom. The van der Waals surface area contributed by atoms with Gasteiger partial charge >= 0.3 is 0 Å². The fraction of sp³-hybridized carbons (Fsp3) is 0.483. The van der Waals surface area contributed by atoms with Crippen molar-refractivity contribution in [3.05, 3.63) is 54.6 Å². The number of hydrogen-bond donors (Lipinski definition) is 3. The summed E-state index contributed by atoms with van der Waals surface area (Å²) in [5.74, 6) is -2.48. The minimum Gasteiger partial charge on any atom is -0.396 e. The highest BCUT2D eigenvalue weighted by Gasteiger charge is 2.76. The zero-order valence-corrected chi connectivity index (χ0v) is 23.8. The Kier molecular flexibility index (Phi) is 7.98. The molecule has 1 spiro atoms. The van der Waals surface area contributed by atoms with Crippen molar-refractivity contribution in [2.75, 3.05) is 41.8 Å². The summed E-state index contributed by atoms with van der Waals surface area (Å²) in [6.45, 7) is 6.01. The first-order valence-electron chi connectivity index (χ1n) is 13.6. The van der Waals surface area contributed by atoms with Crippen molar-refractivity contribution in [1.29, 1.82) is 0 Å². The second kappa shape index (κ2) is 11.3. The first kappa shape index (κ1) is 27.6. The third-order valence-electron chi connectivity index (χ3n) is 8.20. The van der Waals surface area contributed by atoms with E-state index in [1.165, 1.54) is 4.90 Å². The average molecular weight is 600 g/mol. The highest BCUT2D eigenvalue weighted by Crippen LogP contribution is 2.60. The summed E-state index contributed by atoms with van der Waals surface area (Å²) in [6, 6.07) is 15.8. The number of hydrogen-bond acceptors (Lipinski definition) is 6. The molecule has 3 saturated heterocycles. The molecular formula is C29H35BrN4O5. The number of nitrogens with one attached hydrogen (secondary N) is 2. The molecule has 10 heteroatoms. The molecule has 3 aliphatic heterocycles. The van der Waals surface area contributed by atoms with Gasteiger partial charge in [-0.15, -0.1) is 0 Å². The van der Waals surface area contributed by atoms with Crippen molar-refractivity contribution in [2.24, 2.45) is 11.8 Å². The Hall–Kier alpha value is -2.95. The summed E-state index contributed by atoms with van der Waals surface area (Å²) in [6.07, 6.45) is 0.211. The van der Waals surface area contributed by atoms with Gasteiger partial charge in [0.05, 0.1) is 17.9 Å². The minimum atomic E-state index is -1.14. The van der Waals surface area contributed by atoms with E-state index in [9.17, 15) is 19.5 Å². The number of fused-ring (bicyclic) bond motifs is 1. The van der Waals surface area contributed by atoms with E-state index in [-0.39, 0.29) is 35.7 Å². The van der Waals surface area contributed by atoms with Crippen LogP contribution in [0.1, 0.15) is 26.7 Å². The molecular weight excluding hydrogens is 564 g/mol. The average Bonchev–Trinajstić information content (AvgIpc) is 3.52. The molecule has 0 aliphatic carbocycles. The van der Waals surface area contributed by atoms with E-state index in [1.54, 1.807) is 12.1 Å². The minimum absolute atomic E-state index is 0.120. The number of likely N-dealkylation sites (tertiary alicyclic amines) is 1. The summed E-state index contributed by atoms with van der Waals surface area (Å²) in [7, 11) is 0. The van der Waals surface area contributed by atoms with Crippen molar-refractivity contribution < 1.29 is 24.2 Å². The Balaban J connectivity index is 1.43. The Morgan fingerprint density at radius 2 is 1.69 bits per heavy atom. The molecule has 3 heterocycles. The van der Waals surface area contributed by atoms with Crippen LogP contribution in [0.4, 0.5) is 17.1 Å². The predicted octanol–water partition coefficient (Wildman–Crippen LogP) is 3.24. The quantitative estimate of drug-likeness (QED) is 0.362. The van der Waals surface area contributed by atoms with E-state index in [4.69, 9.17) is 4.74 Å². The number of nitrogens with zero attached hydrogens (tertiary/aromatic N) is 2. The van der Waals surface area contributed by atoms with Crippen LogP contribution in [0.15, 0.2) is 54.6 Å². The van der Waals surface area contributed by atoms with Crippen LogP contribution in [0.3, 0.4) is 0 Å². The van der Waals surface area contributed by atoms with Crippen molar-refractivity contribution in [3.63, 3.8) is 0 Å². The van der Waals surface area contributed by atoms with Gasteiger partial charge in [0, 0.05) is 48.1 Å². The molecule has 5 rings (SSSR count). The molecule has 0 aromatic heterocycles. The fourth-order valence-corrected chi connectivity index (χ4v) is 7.46. The number of aliphatic hydroxyl groups excluding tert-OH is 1. The summed E-state index contributed by atoms with van der Waals surface area (Å²) in [4.78, 5) is 44.8. The van der Waals surface area contributed by atoms with Crippen molar-refractivity contribution in [1.82, 2.24) is 4.90 Å². The number of aliphatic hydroxyl groups is 1. The smallest absolute Gasteiger partial charge is 0.250 e. The Labute approximate surface area is 237 Å². The molecule has 6 atom stereocenters. The van der Waals surface area contributed by atoms with Gasteiger partial charge in [0.25, 0.3) is 0 Å². The maximum Gasteiger partial charge on any atom is 0.250 e. The zero-order chi connectivity index (χ0) is 27.7. The van der Waals surface area contributed by atoms with Crippen LogP contribution < -0.4 is 15.5 Å². The van der Waals surface area contributed by atoms with Gasteiger partial charge in [0.2, 0.25) is 17.7 Å². The molecule has 208 valence electrons. The summed E-state index contributed by atoms with van der Waals surface area (Å²) in [5, 5.41) is 15.4. The number of alkyl halides is 1. The van der Waals surface area contributed by atoms with Crippen molar-refractivity contribution in [3.8, 4) is 0 Å². The molecule has 3 unspecified atom stereocenters. The van der Waals surface area contributed by atoms with E-state index in [1.807, 2.05) is 42.5 Å². The van der Waals surface area contributed by atoms with Crippen LogP contribution in [-0.2, 0) is 19.1 Å². The van der Waals surface area contributed by atoms with Crippen LogP contribution in [0.5, 0.6) is 0 Å². The van der Waals surface area contributed by atoms with Crippen LogP contribution in [0.2, 0.25) is 0 Å². The number of benzene rings is 2. The van der Waals surface area contributed by atoms with Gasteiger partial charge in [0.15, 0.2) is 0 Å². The molecule has 9 nitrogen and oxygen atoms in total. The maximum absolute atomic E-state index is 13.9. The Morgan fingerprint density at radius 1 is 1.05 bits per heavy atom. The van der Waals surface area contributed by atoms with Gasteiger partial charge in [0.1, 0.15) is 11.6 Å². The lowest BCUT2D eigenvalue weighted by atomic mass is 9.70. The molecule has 2 aromatic carbocycles. The van der Waals surface area contributed by atoms with Crippen LogP contribution in [0.25, 0.3) is 0 Å². The summed E-state index contributed by atoms with van der Waals surface area (Å²) in [5.41, 5.74) is 1.17. The number of rotatable bonds is 10. The molecule has 0 saturated carbocycles. The number of para-hydroxylation sites is 1. The van der Waals surface area contributed by atoms with Gasteiger partial charge in [-0.3, -0.25) is 14.4 Å². The molecule has 3 fully saturated rings. The second-order valence-electron chi connectivity index (χ2n) is 10.3. The number of amides is 3. The molecule has 39 heavy (non-hydrogen) atoms. The molecule has 3 aliphatic rings. The van der Waals surface area contributed by atoms with Gasteiger partial charge in [-0.1, -0.05) is 34.1 Å². The van der Waals surface area contributed by atoms with Gasteiger partial charge < -0.3 is 30.3 Å². The van der Waals surface area contributed by atoms with E-state index in [0.717, 1.165) is 18.8 Å². The van der Waals surface area contributed by atoms with Crippen LogP contribution in [-0.4, -0.2) is 76.5 Å². The van der Waals surface area contributed by atoms with Crippen LogP contribution in [0, 0.1) is 11.8 Å². The molecule has 3 amide bonds. The van der Waals surface area contributed by atoms with Gasteiger partial charge in [-0.2, -0.15) is 0 Å². The maximum atomic E-state index is 13.9. The van der Waals surface area contributed by atoms with Gasteiger partial charge in [-0.25, -0.2) is 0 Å². The number of halogens is 1. The molecule has 3 N–H and O–H groups in total. The second-order valence-corrected chi connectivity index (χ2v) is 11.5.